The Hall–Kier alpha value is -0.330. The molecule has 0 heterocycles. The van der Waals surface area contributed by atoms with Gasteiger partial charge in [-0.3, -0.25) is 0 Å². The van der Waals surface area contributed by atoms with Crippen LogP contribution in [0.2, 0.25) is 0 Å². The quantitative estimate of drug-likeness (QED) is 0.378. The molecule has 0 nitrogen and oxygen atoms in total. The van der Waals surface area contributed by atoms with E-state index in [0.717, 1.165) is 36.0 Å². The number of hydrogen-bond acceptors (Lipinski definition) is 0. The maximum Gasteiger partial charge on any atom is 0.122 e. The molecule has 172 valence electrons. The van der Waals surface area contributed by atoms with Crippen LogP contribution in [-0.4, -0.2) is 6.17 Å². The second kappa shape index (κ2) is 11.0. The van der Waals surface area contributed by atoms with Crippen molar-refractivity contribution in [3.63, 3.8) is 0 Å². The zero-order chi connectivity index (χ0) is 20.9. The van der Waals surface area contributed by atoms with Gasteiger partial charge in [0.05, 0.1) is 0 Å². The lowest BCUT2D eigenvalue weighted by atomic mass is 9.65. The van der Waals surface area contributed by atoms with Gasteiger partial charge in [0, 0.05) is 0 Å². The molecule has 0 aromatic rings. The molecule has 0 amide bonds. The summed E-state index contributed by atoms with van der Waals surface area (Å²) in [6, 6.07) is 0. The van der Waals surface area contributed by atoms with Gasteiger partial charge in [-0.1, -0.05) is 64.9 Å². The molecular formula is C29H49F. The molecular weight excluding hydrogens is 367 g/mol. The van der Waals surface area contributed by atoms with Crippen LogP contribution in [0, 0.1) is 41.4 Å². The predicted molar refractivity (Wildman–Crippen MR) is 127 cm³/mol. The Morgan fingerprint density at radius 1 is 0.700 bits per heavy atom. The van der Waals surface area contributed by atoms with Crippen LogP contribution in [-0.2, 0) is 0 Å². The summed E-state index contributed by atoms with van der Waals surface area (Å²) in [5.41, 5.74) is 1.23. The number of hydrogen-bond donors (Lipinski definition) is 0. The van der Waals surface area contributed by atoms with Crippen LogP contribution in [0.5, 0.6) is 0 Å². The highest BCUT2D eigenvalue weighted by molar-refractivity contribution is 5.17. The molecule has 0 saturated heterocycles. The van der Waals surface area contributed by atoms with Gasteiger partial charge in [-0.05, 0) is 111 Å². The first kappa shape index (κ1) is 22.8. The summed E-state index contributed by atoms with van der Waals surface area (Å²) < 4.78 is 15.3. The summed E-state index contributed by atoms with van der Waals surface area (Å²) in [6.45, 7) is 4.68. The van der Waals surface area contributed by atoms with Crippen molar-refractivity contribution in [3.8, 4) is 0 Å². The lowest BCUT2D eigenvalue weighted by molar-refractivity contribution is 0.133. The second-order valence-corrected chi connectivity index (χ2v) is 11.8. The fourth-order valence-electron chi connectivity index (χ4n) is 8.07. The highest BCUT2D eigenvalue weighted by Gasteiger charge is 2.37. The van der Waals surface area contributed by atoms with Crippen LogP contribution in [0.1, 0.15) is 123 Å². The van der Waals surface area contributed by atoms with E-state index in [1.54, 1.807) is 0 Å². The average Bonchev–Trinajstić information content (AvgIpc) is 2.80. The zero-order valence-corrected chi connectivity index (χ0v) is 20.1. The van der Waals surface area contributed by atoms with Crippen molar-refractivity contribution in [2.75, 3.05) is 0 Å². The largest absolute Gasteiger partial charge is 0.243 e. The fourth-order valence-corrected chi connectivity index (χ4v) is 8.07. The van der Waals surface area contributed by atoms with Gasteiger partial charge in [-0.15, -0.1) is 0 Å². The third-order valence-corrected chi connectivity index (χ3v) is 10.2. The molecule has 0 radical (unpaired) electrons. The Morgan fingerprint density at radius 3 is 1.77 bits per heavy atom. The monoisotopic (exact) mass is 416 g/mol. The van der Waals surface area contributed by atoms with Gasteiger partial charge in [0.25, 0.3) is 0 Å². The molecule has 0 aromatic carbocycles. The van der Waals surface area contributed by atoms with Crippen molar-refractivity contribution in [1.82, 2.24) is 0 Å². The van der Waals surface area contributed by atoms with E-state index in [9.17, 15) is 0 Å². The first-order valence-corrected chi connectivity index (χ1v) is 14.0. The van der Waals surface area contributed by atoms with Crippen molar-refractivity contribution >= 4 is 0 Å². The van der Waals surface area contributed by atoms with Crippen LogP contribution >= 0.6 is 0 Å². The first-order chi connectivity index (χ1) is 14.7. The van der Waals surface area contributed by atoms with Gasteiger partial charge in [0.2, 0.25) is 0 Å². The molecule has 4 aliphatic rings. The number of alkyl halides is 1. The van der Waals surface area contributed by atoms with Gasteiger partial charge in [0.1, 0.15) is 6.17 Å². The number of allylic oxidation sites excluding steroid dienone is 2. The van der Waals surface area contributed by atoms with Gasteiger partial charge >= 0.3 is 0 Å². The lowest BCUT2D eigenvalue weighted by Gasteiger charge is -2.41. The van der Waals surface area contributed by atoms with Crippen LogP contribution in [0.25, 0.3) is 0 Å². The topological polar surface area (TPSA) is 0 Å². The Labute approximate surface area is 186 Å². The van der Waals surface area contributed by atoms with Crippen molar-refractivity contribution in [2.24, 2.45) is 41.4 Å². The van der Waals surface area contributed by atoms with Crippen LogP contribution in [0.15, 0.2) is 11.6 Å². The molecule has 4 aliphatic carbocycles. The maximum absolute atomic E-state index is 15.3. The Balaban J connectivity index is 1.23. The molecule has 30 heavy (non-hydrogen) atoms. The molecule has 2 atom stereocenters. The molecule has 3 saturated carbocycles. The van der Waals surface area contributed by atoms with Gasteiger partial charge in [0.15, 0.2) is 0 Å². The minimum Gasteiger partial charge on any atom is -0.243 e. The molecule has 4 rings (SSSR count). The highest BCUT2D eigenvalue weighted by Crippen LogP contribution is 2.47. The zero-order valence-electron chi connectivity index (χ0n) is 20.1. The molecule has 0 spiro atoms. The summed E-state index contributed by atoms with van der Waals surface area (Å²) in [5, 5.41) is 0. The van der Waals surface area contributed by atoms with E-state index < -0.39 is 6.17 Å². The van der Waals surface area contributed by atoms with E-state index in [0.29, 0.717) is 11.8 Å². The molecule has 2 unspecified atom stereocenters. The maximum atomic E-state index is 15.3. The van der Waals surface area contributed by atoms with E-state index >= 15 is 4.39 Å². The average molecular weight is 417 g/mol. The molecule has 0 aliphatic heterocycles. The molecule has 0 bridgehead atoms. The SMILES string of the molecule is CCCC1CCC(C2CCC(C3=CCC(C4CCC(CC)CC4)CC3F)CC2)CC1. The standard InChI is InChI=1S/C29H49F/c1-3-5-22-8-12-23(13-9-22)24-14-16-26(17-15-24)28-19-18-27(20-29(28)30)25-10-6-21(4-2)7-11-25/h19,21-27,29H,3-18,20H2,1-2H3. The van der Waals surface area contributed by atoms with Crippen LogP contribution in [0.3, 0.4) is 0 Å². The molecule has 0 N–H and O–H groups in total. The molecule has 3 fully saturated rings. The third kappa shape index (κ3) is 5.53. The van der Waals surface area contributed by atoms with E-state index in [2.05, 4.69) is 19.9 Å². The van der Waals surface area contributed by atoms with Crippen molar-refractivity contribution in [3.05, 3.63) is 11.6 Å². The Bertz CT molecular complexity index is 527. The van der Waals surface area contributed by atoms with Crippen LogP contribution in [0.4, 0.5) is 4.39 Å². The summed E-state index contributed by atoms with van der Waals surface area (Å²) in [4.78, 5) is 0. The summed E-state index contributed by atoms with van der Waals surface area (Å²) in [7, 11) is 0. The summed E-state index contributed by atoms with van der Waals surface area (Å²) in [6.07, 6.45) is 24.7. The van der Waals surface area contributed by atoms with E-state index in [4.69, 9.17) is 0 Å². The molecule has 0 aromatic heterocycles. The van der Waals surface area contributed by atoms with Crippen LogP contribution < -0.4 is 0 Å². The normalized spacial score (nSPS) is 43.2. The van der Waals surface area contributed by atoms with Crippen molar-refractivity contribution in [2.45, 2.75) is 129 Å². The first-order valence-electron chi connectivity index (χ1n) is 14.0. The van der Waals surface area contributed by atoms with Gasteiger partial charge in [-0.25, -0.2) is 4.39 Å². The van der Waals surface area contributed by atoms with E-state index in [1.165, 1.54) is 108 Å². The smallest absolute Gasteiger partial charge is 0.122 e. The predicted octanol–water partition coefficient (Wildman–Crippen LogP) is 9.29. The van der Waals surface area contributed by atoms with E-state index in [-0.39, 0.29) is 0 Å². The second-order valence-electron chi connectivity index (χ2n) is 11.8. The minimum absolute atomic E-state index is 0.574. The van der Waals surface area contributed by atoms with Crippen molar-refractivity contribution < 1.29 is 4.39 Å². The number of rotatable bonds is 6. The highest BCUT2D eigenvalue weighted by atomic mass is 19.1. The van der Waals surface area contributed by atoms with E-state index in [1.807, 2.05) is 0 Å². The summed E-state index contributed by atoms with van der Waals surface area (Å²) in [5.74, 6) is 5.93. The fraction of sp³-hybridized carbons (Fsp3) is 0.931. The van der Waals surface area contributed by atoms with Gasteiger partial charge in [-0.2, -0.15) is 0 Å². The minimum atomic E-state index is -0.626. The Morgan fingerprint density at radius 2 is 1.23 bits per heavy atom. The van der Waals surface area contributed by atoms with Crippen molar-refractivity contribution in [1.29, 1.82) is 0 Å². The van der Waals surface area contributed by atoms with Gasteiger partial charge < -0.3 is 0 Å². The summed E-state index contributed by atoms with van der Waals surface area (Å²) >= 11 is 0. The lowest BCUT2D eigenvalue weighted by Crippen LogP contribution is -2.31. The molecule has 1 heteroatoms. The number of halogens is 1. The third-order valence-electron chi connectivity index (χ3n) is 10.2. The Kier molecular flexibility index (Phi) is 8.38.